The van der Waals surface area contributed by atoms with Gasteiger partial charge < -0.3 is 9.15 Å². The number of hydrogen-bond acceptors (Lipinski definition) is 7. The van der Waals surface area contributed by atoms with Crippen molar-refractivity contribution in [2.45, 2.75) is 25.6 Å². The number of amides is 1. The monoisotopic (exact) mass is 484 g/mol. The van der Waals surface area contributed by atoms with E-state index in [1.807, 2.05) is 25.1 Å². The second kappa shape index (κ2) is 9.76. The molecule has 0 aliphatic carbocycles. The second-order valence-electron chi connectivity index (χ2n) is 7.65. The number of furan rings is 1. The number of thiazole rings is 1. The maximum absolute atomic E-state index is 13.2. The molecular formula is C24H24N2O5S2. The maximum Gasteiger partial charge on any atom is 0.230 e. The summed E-state index contributed by atoms with van der Waals surface area (Å²) >= 11 is 1.37. The number of carbonyl (C=O) groups is 1. The number of carbonyl (C=O) groups excluding carboxylic acids is 1. The van der Waals surface area contributed by atoms with E-state index in [0.717, 1.165) is 10.3 Å². The van der Waals surface area contributed by atoms with Crippen molar-refractivity contribution in [1.82, 2.24) is 4.98 Å². The maximum atomic E-state index is 13.2. The van der Waals surface area contributed by atoms with Gasteiger partial charge in [0.15, 0.2) is 15.0 Å². The molecule has 7 nitrogen and oxygen atoms in total. The van der Waals surface area contributed by atoms with E-state index in [0.29, 0.717) is 27.7 Å². The van der Waals surface area contributed by atoms with Crippen LogP contribution in [0.3, 0.4) is 0 Å². The number of hydrogen-bond donors (Lipinski definition) is 0. The van der Waals surface area contributed by atoms with Crippen LogP contribution in [0, 0.1) is 6.92 Å². The molecule has 0 aliphatic heterocycles. The summed E-state index contributed by atoms with van der Waals surface area (Å²) in [5.74, 6) is 0.519. The van der Waals surface area contributed by atoms with E-state index < -0.39 is 9.84 Å². The highest BCUT2D eigenvalue weighted by Crippen LogP contribution is 2.37. The molecule has 0 atom stereocenters. The predicted molar refractivity (Wildman–Crippen MR) is 129 cm³/mol. The summed E-state index contributed by atoms with van der Waals surface area (Å²) < 4.78 is 37.1. The molecule has 0 unspecified atom stereocenters. The topological polar surface area (TPSA) is 89.7 Å². The fourth-order valence-electron chi connectivity index (χ4n) is 3.48. The third-order valence-corrected chi connectivity index (χ3v) is 8.01. The standard InChI is InChI=1S/C24H24N2O5S2/c1-17-10-11-20(30-2)22-23(17)32-24(25-22)26(15-19-9-6-13-31-19)21(27)12-14-33(28,29)16-18-7-4-3-5-8-18/h3-11,13H,12,14-16H2,1-2H3. The van der Waals surface area contributed by atoms with Crippen molar-refractivity contribution in [2.75, 3.05) is 17.8 Å². The Labute approximate surface area is 196 Å². The van der Waals surface area contributed by atoms with Crippen LogP contribution in [0.1, 0.15) is 23.3 Å². The van der Waals surface area contributed by atoms with E-state index in [1.54, 1.807) is 43.5 Å². The van der Waals surface area contributed by atoms with E-state index in [9.17, 15) is 13.2 Å². The highest BCUT2D eigenvalue weighted by atomic mass is 32.2. The molecule has 4 rings (SSSR count). The van der Waals surface area contributed by atoms with Crippen LogP contribution >= 0.6 is 11.3 Å². The van der Waals surface area contributed by atoms with E-state index >= 15 is 0 Å². The minimum Gasteiger partial charge on any atom is -0.494 e. The number of aryl methyl sites for hydroxylation is 1. The van der Waals surface area contributed by atoms with Crippen LogP contribution in [0.2, 0.25) is 0 Å². The lowest BCUT2D eigenvalue weighted by Gasteiger charge is -2.18. The molecule has 172 valence electrons. The van der Waals surface area contributed by atoms with Gasteiger partial charge in [-0.2, -0.15) is 0 Å². The lowest BCUT2D eigenvalue weighted by atomic mass is 10.2. The Morgan fingerprint density at radius 3 is 2.61 bits per heavy atom. The lowest BCUT2D eigenvalue weighted by molar-refractivity contribution is -0.118. The first-order valence-corrected chi connectivity index (χ1v) is 13.0. The minimum absolute atomic E-state index is 0.100. The van der Waals surface area contributed by atoms with Crippen molar-refractivity contribution in [1.29, 1.82) is 0 Å². The first kappa shape index (κ1) is 23.0. The molecular weight excluding hydrogens is 460 g/mol. The highest BCUT2D eigenvalue weighted by Gasteiger charge is 2.25. The zero-order chi connectivity index (χ0) is 23.4. The molecule has 0 radical (unpaired) electrons. The molecule has 0 saturated carbocycles. The van der Waals surface area contributed by atoms with Crippen LogP contribution < -0.4 is 9.64 Å². The van der Waals surface area contributed by atoms with Crippen LogP contribution in [-0.4, -0.2) is 32.2 Å². The summed E-state index contributed by atoms with van der Waals surface area (Å²) in [6, 6.07) is 16.3. The number of anilines is 1. The molecule has 9 heteroatoms. The number of ether oxygens (including phenoxy) is 1. The average molecular weight is 485 g/mol. The first-order valence-electron chi connectivity index (χ1n) is 10.4. The Balaban J connectivity index is 1.59. The third-order valence-electron chi connectivity index (χ3n) is 5.19. The molecule has 0 aliphatic rings. The smallest absolute Gasteiger partial charge is 0.230 e. The Morgan fingerprint density at radius 1 is 1.12 bits per heavy atom. The van der Waals surface area contributed by atoms with Gasteiger partial charge in [-0.15, -0.1) is 0 Å². The number of benzene rings is 2. The molecule has 4 aromatic rings. The molecule has 33 heavy (non-hydrogen) atoms. The number of nitrogens with zero attached hydrogens (tertiary/aromatic N) is 2. The Kier molecular flexibility index (Phi) is 6.80. The average Bonchev–Trinajstić information content (AvgIpc) is 3.47. The zero-order valence-electron chi connectivity index (χ0n) is 18.4. The predicted octanol–water partition coefficient (Wildman–Crippen LogP) is 4.74. The molecule has 0 spiro atoms. The van der Waals surface area contributed by atoms with Gasteiger partial charge in [-0.1, -0.05) is 47.7 Å². The molecule has 0 N–H and O–H groups in total. The van der Waals surface area contributed by atoms with Gasteiger partial charge in [0.2, 0.25) is 5.91 Å². The van der Waals surface area contributed by atoms with Crippen molar-refractivity contribution >= 4 is 42.4 Å². The fraction of sp³-hybridized carbons (Fsp3) is 0.250. The second-order valence-corrected chi connectivity index (χ2v) is 10.8. The number of fused-ring (bicyclic) bond motifs is 1. The Bertz CT molecular complexity index is 1350. The summed E-state index contributed by atoms with van der Waals surface area (Å²) in [6.07, 6.45) is 1.38. The highest BCUT2D eigenvalue weighted by molar-refractivity contribution is 7.90. The van der Waals surface area contributed by atoms with Crippen molar-refractivity contribution in [2.24, 2.45) is 0 Å². The normalized spacial score (nSPS) is 11.6. The third kappa shape index (κ3) is 5.43. The largest absolute Gasteiger partial charge is 0.494 e. The van der Waals surface area contributed by atoms with Crippen LogP contribution in [0.15, 0.2) is 65.3 Å². The SMILES string of the molecule is COc1ccc(C)c2sc(N(Cc3ccco3)C(=O)CCS(=O)(=O)Cc3ccccc3)nc12. The first-order chi connectivity index (χ1) is 15.9. The van der Waals surface area contributed by atoms with Crippen molar-refractivity contribution in [3.8, 4) is 5.75 Å². The number of sulfone groups is 1. The molecule has 1 amide bonds. The van der Waals surface area contributed by atoms with Crippen molar-refractivity contribution in [3.05, 3.63) is 77.7 Å². The summed E-state index contributed by atoms with van der Waals surface area (Å²) in [5, 5.41) is 0.472. The van der Waals surface area contributed by atoms with Gasteiger partial charge >= 0.3 is 0 Å². The van der Waals surface area contributed by atoms with Crippen LogP contribution in [-0.2, 0) is 26.9 Å². The molecule has 2 aromatic heterocycles. The number of rotatable bonds is 9. The summed E-state index contributed by atoms with van der Waals surface area (Å²) in [6.45, 7) is 2.13. The van der Waals surface area contributed by atoms with E-state index in [2.05, 4.69) is 4.98 Å². The van der Waals surface area contributed by atoms with Gasteiger partial charge in [0.25, 0.3) is 0 Å². The fourth-order valence-corrected chi connectivity index (χ4v) is 5.88. The van der Waals surface area contributed by atoms with Crippen LogP contribution in [0.5, 0.6) is 5.75 Å². The lowest BCUT2D eigenvalue weighted by Crippen LogP contribution is -2.31. The zero-order valence-corrected chi connectivity index (χ0v) is 20.0. The van der Waals surface area contributed by atoms with Gasteiger partial charge in [0, 0.05) is 6.42 Å². The molecule has 0 bridgehead atoms. The number of aromatic nitrogens is 1. The van der Waals surface area contributed by atoms with Crippen molar-refractivity contribution in [3.63, 3.8) is 0 Å². The van der Waals surface area contributed by atoms with Gasteiger partial charge in [0.05, 0.1) is 36.1 Å². The molecule has 0 saturated heterocycles. The molecule has 2 heterocycles. The summed E-state index contributed by atoms with van der Waals surface area (Å²) in [4.78, 5) is 19.4. The van der Waals surface area contributed by atoms with Crippen LogP contribution in [0.25, 0.3) is 10.2 Å². The van der Waals surface area contributed by atoms with Crippen molar-refractivity contribution < 1.29 is 22.4 Å². The van der Waals surface area contributed by atoms with E-state index in [-0.39, 0.29) is 30.4 Å². The number of methoxy groups -OCH3 is 1. The van der Waals surface area contributed by atoms with E-state index in [1.165, 1.54) is 22.5 Å². The van der Waals surface area contributed by atoms with E-state index in [4.69, 9.17) is 9.15 Å². The quantitative estimate of drug-likeness (QED) is 0.341. The van der Waals surface area contributed by atoms with Crippen LogP contribution in [0.4, 0.5) is 5.13 Å². The van der Waals surface area contributed by atoms with Gasteiger partial charge in [-0.3, -0.25) is 9.69 Å². The Morgan fingerprint density at radius 2 is 1.91 bits per heavy atom. The summed E-state index contributed by atoms with van der Waals surface area (Å²) in [7, 11) is -1.88. The van der Waals surface area contributed by atoms with Gasteiger partial charge in [0.1, 0.15) is 17.0 Å². The minimum atomic E-state index is -3.46. The molecule has 2 aromatic carbocycles. The molecule has 0 fully saturated rings. The summed E-state index contributed by atoms with van der Waals surface area (Å²) in [5.41, 5.74) is 2.39. The van der Waals surface area contributed by atoms with Gasteiger partial charge in [-0.25, -0.2) is 13.4 Å². The van der Waals surface area contributed by atoms with Gasteiger partial charge in [-0.05, 0) is 36.2 Å². The Hall–Kier alpha value is -3.17.